The van der Waals surface area contributed by atoms with E-state index in [9.17, 15) is 39.3 Å². The van der Waals surface area contributed by atoms with E-state index in [4.69, 9.17) is 10.5 Å². The minimum Gasteiger partial charge on any atom is -0.508 e. The van der Waals surface area contributed by atoms with Gasteiger partial charge in [0.25, 0.3) is 0 Å². The van der Waals surface area contributed by atoms with Crippen LogP contribution in [0.5, 0.6) is 17.2 Å². The number of ether oxygens (including phenoxy) is 1. The third kappa shape index (κ3) is 20.0. The molecule has 0 bridgehead atoms. The molecule has 6 rings (SSSR count). The molecule has 3 aromatic carbocycles. The smallest absolute Gasteiger partial charge is 0.347 e. The number of nitrogens with two attached hydrogens (primary N) is 1. The molecule has 0 saturated carbocycles. The van der Waals surface area contributed by atoms with Crippen molar-refractivity contribution >= 4 is 57.6 Å². The summed E-state index contributed by atoms with van der Waals surface area (Å²) in [7, 11) is 6.01. The number of phenols is 2. The number of allylic oxidation sites excluding steroid dienone is 1. The molecule has 2 saturated heterocycles. The number of carbonyl (C=O) groups is 5. The fraction of sp³-hybridized carbons (Fsp3) is 0.542. The standard InChI is InChI=1S/C19H20O3.C15H20N2O2.C14H24N2O2S.C11H24NO2/c1-13(19(2,3)4)14-9-6-8-12-17(14)22-18(21)15-10-5-7-11-16(15)20;1-15(2,3)14(19)12(16)6-9-8-17-13-5-4-10(18)7-11(9)13;1-14(2,3)11(17)7-5-4-6-10-12-9(8-19-10)15-13(18)16-12;1-11(2,3)10(14)7-9(13)8-12(4,5)6/h5-12,20H,1H2,2-4H3;4-5,7-8,12,17-18H,6,16H2,1-3H3;9-10,12H,4-8H2,1-3H3,(H2,15,16,18);9,13H,7-8H2,1-6H3/q;;;+1/t;12-;9-,10-,12-;/m.00./s1. The van der Waals surface area contributed by atoms with Crippen molar-refractivity contribution in [3.8, 4) is 17.2 Å². The number of para-hydroxylation sites is 2. The Labute approximate surface area is 445 Å². The average Bonchev–Trinajstić information content (AvgIpc) is 3.97. The number of phenolic OH excluding ortho intramolecular Hbond substituents is 2. The van der Waals surface area contributed by atoms with Gasteiger partial charge in [0.2, 0.25) is 0 Å². The summed E-state index contributed by atoms with van der Waals surface area (Å²) in [5.41, 5.74) is 8.57. The second-order valence-corrected chi connectivity index (χ2v) is 25.9. The Morgan fingerprint density at radius 1 is 0.797 bits per heavy atom. The number of aliphatic hydroxyl groups excluding tert-OH is 1. The summed E-state index contributed by atoms with van der Waals surface area (Å²) in [6.45, 7) is 28.1. The first-order valence-electron chi connectivity index (χ1n) is 25.6. The number of esters is 1. The molecule has 2 amide bonds. The number of benzene rings is 3. The van der Waals surface area contributed by atoms with E-state index >= 15 is 0 Å². The highest BCUT2D eigenvalue weighted by molar-refractivity contribution is 8.00. The van der Waals surface area contributed by atoms with Gasteiger partial charge in [0.15, 0.2) is 5.78 Å². The Morgan fingerprint density at radius 3 is 1.96 bits per heavy atom. The van der Waals surface area contributed by atoms with Gasteiger partial charge in [-0.2, -0.15) is 11.8 Å². The third-order valence-corrected chi connectivity index (χ3v) is 14.2. The minimum absolute atomic E-state index is 0.0248. The number of rotatable bonds is 15. The van der Waals surface area contributed by atoms with E-state index in [-0.39, 0.29) is 63.4 Å². The van der Waals surface area contributed by atoms with E-state index in [1.54, 1.807) is 36.4 Å². The zero-order chi connectivity index (χ0) is 56.1. The number of thioether (sulfide) groups is 1. The fourth-order valence-electron chi connectivity index (χ4n) is 8.10. The van der Waals surface area contributed by atoms with Crippen LogP contribution >= 0.6 is 11.8 Å². The normalized spacial score (nSPS) is 17.4. The first kappa shape index (κ1) is 62.8. The predicted molar refractivity (Wildman–Crippen MR) is 301 cm³/mol. The van der Waals surface area contributed by atoms with Crippen molar-refractivity contribution < 1.29 is 48.5 Å². The molecule has 1 unspecified atom stereocenters. The van der Waals surface area contributed by atoms with E-state index in [0.717, 1.165) is 52.6 Å². The molecular weight excluding hydrogens is 955 g/mol. The van der Waals surface area contributed by atoms with Crippen molar-refractivity contribution in [3.05, 3.63) is 96.2 Å². The van der Waals surface area contributed by atoms with E-state index in [2.05, 4.69) is 43.0 Å². The number of ketones is 3. The summed E-state index contributed by atoms with van der Waals surface area (Å²) in [6, 6.07) is 18.8. The molecule has 4 aromatic rings. The Morgan fingerprint density at radius 2 is 1.39 bits per heavy atom. The van der Waals surface area contributed by atoms with Gasteiger partial charge in [-0.25, -0.2) is 9.59 Å². The highest BCUT2D eigenvalue weighted by Crippen LogP contribution is 2.38. The molecule has 0 radical (unpaired) electrons. The van der Waals surface area contributed by atoms with E-state index in [1.165, 1.54) is 12.1 Å². The van der Waals surface area contributed by atoms with Gasteiger partial charge < -0.3 is 45.9 Å². The highest BCUT2D eigenvalue weighted by Gasteiger charge is 2.42. The number of nitrogens with one attached hydrogen (secondary N) is 3. The van der Waals surface area contributed by atoms with Crippen molar-refractivity contribution in [3.63, 3.8) is 0 Å². The molecule has 5 atom stereocenters. The zero-order valence-electron chi connectivity index (χ0n) is 46.9. The van der Waals surface area contributed by atoms with Crippen LogP contribution in [0.2, 0.25) is 0 Å². The monoisotopic (exact) mass is 1040 g/mol. The number of aromatic nitrogens is 1. The number of urea groups is 1. The molecule has 408 valence electrons. The van der Waals surface area contributed by atoms with Crippen molar-refractivity contribution in [2.75, 3.05) is 33.4 Å². The quantitative estimate of drug-likeness (QED) is 0.0195. The number of nitrogens with zero attached hydrogens (tertiary/aromatic N) is 1. The maximum absolute atomic E-state index is 12.2. The number of likely N-dealkylation sites (N-methyl/N-ethyl adjacent to an activating group) is 1. The van der Waals surface area contributed by atoms with Gasteiger partial charge in [0.1, 0.15) is 47.0 Å². The molecule has 1 aromatic heterocycles. The third-order valence-electron chi connectivity index (χ3n) is 12.6. The topological polar surface area (TPSA) is 221 Å². The van der Waals surface area contributed by atoms with Gasteiger partial charge in [0, 0.05) is 62.8 Å². The van der Waals surface area contributed by atoms with Gasteiger partial charge in [-0.3, -0.25) is 14.4 Å². The first-order chi connectivity index (χ1) is 34.0. The van der Waals surface area contributed by atoms with E-state index in [0.29, 0.717) is 46.7 Å². The molecule has 2 aliphatic heterocycles. The second-order valence-electron chi connectivity index (χ2n) is 24.6. The van der Waals surface area contributed by atoms with Crippen LogP contribution < -0.4 is 21.1 Å². The van der Waals surface area contributed by atoms with Crippen molar-refractivity contribution in [1.82, 2.24) is 15.6 Å². The minimum atomic E-state index is -0.591. The highest BCUT2D eigenvalue weighted by atomic mass is 32.2. The summed E-state index contributed by atoms with van der Waals surface area (Å²) in [4.78, 5) is 62.1. The second kappa shape index (κ2) is 26.3. The van der Waals surface area contributed by atoms with Gasteiger partial charge in [-0.1, -0.05) is 126 Å². The molecule has 14 nitrogen and oxygen atoms in total. The van der Waals surface area contributed by atoms with Crippen molar-refractivity contribution in [2.45, 2.75) is 151 Å². The number of H-pyrrole nitrogens is 1. The van der Waals surface area contributed by atoms with Gasteiger partial charge >= 0.3 is 12.0 Å². The summed E-state index contributed by atoms with van der Waals surface area (Å²) >= 11 is 1.94. The number of Topliss-reactive ketones (excluding diaryl/α,β-unsaturated/α-hetero) is 3. The predicted octanol–water partition coefficient (Wildman–Crippen LogP) is 10.4. The van der Waals surface area contributed by atoms with E-state index in [1.807, 2.05) is 120 Å². The number of amides is 2. The number of fused-ring (bicyclic) bond motifs is 2. The average molecular weight is 1040 g/mol. The molecule has 2 fully saturated rings. The molecule has 15 heteroatoms. The lowest BCUT2D eigenvalue weighted by Crippen LogP contribution is -2.42. The lowest BCUT2D eigenvalue weighted by molar-refractivity contribution is -0.873. The first-order valence-corrected chi connectivity index (χ1v) is 26.7. The van der Waals surface area contributed by atoms with Crippen molar-refractivity contribution in [2.24, 2.45) is 27.4 Å². The van der Waals surface area contributed by atoms with Crippen LogP contribution in [-0.4, -0.2) is 117 Å². The Hall–Kier alpha value is -5.48. The Bertz CT molecular complexity index is 2550. The summed E-state index contributed by atoms with van der Waals surface area (Å²) in [5, 5.41) is 36.3. The number of carbonyl (C=O) groups excluding carboxylic acids is 5. The number of aromatic amines is 1. The molecule has 0 aliphatic carbocycles. The van der Waals surface area contributed by atoms with Gasteiger partial charge in [0.05, 0.1) is 39.3 Å². The molecule has 3 heterocycles. The number of unbranched alkanes of at least 4 members (excludes halogenated alkanes) is 1. The Balaban J connectivity index is 0.000000263. The SMILES string of the molecule is C=C(c1ccccc1OC(=O)c1ccccc1O)C(C)(C)C.CC(C)(C)C(=O)CC(O)C[N+](C)(C)C.CC(C)(C)C(=O)CCCC[C@@H]1SC[C@@H]2NC(=O)N[C@@H]21.CC(C)(C)C(=O)[C@@H](N)Cc1c[nH]c2ccc(O)cc12. The molecule has 0 spiro atoms. The number of quaternary nitrogens is 1. The molecular formula is C59H88N5O9S+. The van der Waals surface area contributed by atoms with Crippen LogP contribution in [-0.2, 0) is 20.8 Å². The number of hydrogen-bond acceptors (Lipinski definition) is 11. The van der Waals surface area contributed by atoms with Crippen LogP contribution in [0.3, 0.4) is 0 Å². The van der Waals surface area contributed by atoms with Crippen LogP contribution in [0.4, 0.5) is 4.79 Å². The fourth-order valence-corrected chi connectivity index (χ4v) is 9.64. The number of aromatic hydroxyl groups is 2. The van der Waals surface area contributed by atoms with Crippen LogP contribution in [0.1, 0.15) is 137 Å². The Kier molecular flexibility index (Phi) is 22.4. The molecule has 8 N–H and O–H groups in total. The van der Waals surface area contributed by atoms with Gasteiger partial charge in [-0.15, -0.1) is 0 Å². The zero-order valence-corrected chi connectivity index (χ0v) is 47.7. The molecule has 74 heavy (non-hydrogen) atoms. The largest absolute Gasteiger partial charge is 0.508 e. The van der Waals surface area contributed by atoms with Crippen LogP contribution in [0.25, 0.3) is 16.5 Å². The van der Waals surface area contributed by atoms with Crippen molar-refractivity contribution in [1.29, 1.82) is 0 Å². The van der Waals surface area contributed by atoms with Gasteiger partial charge in [-0.05, 0) is 72.2 Å². The van der Waals surface area contributed by atoms with E-state index < -0.39 is 23.5 Å². The maximum Gasteiger partial charge on any atom is 0.347 e. The van der Waals surface area contributed by atoms with Crippen LogP contribution in [0.15, 0.2) is 79.5 Å². The number of aliphatic hydroxyl groups is 1. The lowest BCUT2D eigenvalue weighted by Gasteiger charge is -2.27. The summed E-state index contributed by atoms with van der Waals surface area (Å²) in [6.07, 6.45) is 5.86. The van der Waals surface area contributed by atoms with Crippen LogP contribution in [0, 0.1) is 21.7 Å². The summed E-state index contributed by atoms with van der Waals surface area (Å²) < 4.78 is 6.15. The number of hydrogen-bond donors (Lipinski definition) is 7. The lowest BCUT2D eigenvalue weighted by atomic mass is 9.83. The molecule has 2 aliphatic rings. The summed E-state index contributed by atoms with van der Waals surface area (Å²) in [5.74, 6) is 1.49. The maximum atomic E-state index is 12.2.